The van der Waals surface area contributed by atoms with E-state index in [-0.39, 0.29) is 17.9 Å². The minimum absolute atomic E-state index is 0.177. The normalized spacial score (nSPS) is 17.7. The Bertz CT molecular complexity index is 714. The Labute approximate surface area is 148 Å². The van der Waals surface area contributed by atoms with Gasteiger partial charge in [-0.1, -0.05) is 60.7 Å². The van der Waals surface area contributed by atoms with E-state index in [0.29, 0.717) is 13.0 Å². The molecule has 1 unspecified atom stereocenters. The molecule has 1 aliphatic heterocycles. The van der Waals surface area contributed by atoms with Crippen LogP contribution < -0.4 is 0 Å². The maximum atomic E-state index is 13.0. The molecule has 25 heavy (non-hydrogen) atoms. The van der Waals surface area contributed by atoms with Crippen molar-refractivity contribution in [2.45, 2.75) is 31.9 Å². The van der Waals surface area contributed by atoms with Gasteiger partial charge in [-0.05, 0) is 24.5 Å². The molecule has 0 saturated carbocycles. The molecule has 0 aromatic heterocycles. The van der Waals surface area contributed by atoms with Crippen molar-refractivity contribution in [2.24, 2.45) is 0 Å². The Morgan fingerprint density at radius 2 is 1.60 bits per heavy atom. The van der Waals surface area contributed by atoms with Crippen molar-refractivity contribution in [1.82, 2.24) is 4.90 Å². The van der Waals surface area contributed by atoms with E-state index in [0.717, 1.165) is 24.1 Å². The van der Waals surface area contributed by atoms with E-state index >= 15 is 0 Å². The topological polar surface area (TPSA) is 46.6 Å². The van der Waals surface area contributed by atoms with Crippen molar-refractivity contribution in [3.8, 4) is 0 Å². The highest BCUT2D eigenvalue weighted by Gasteiger charge is 2.33. The van der Waals surface area contributed by atoms with Crippen LogP contribution in [0.4, 0.5) is 0 Å². The van der Waals surface area contributed by atoms with Gasteiger partial charge in [-0.25, -0.2) is 4.79 Å². The Hall–Kier alpha value is -2.46. The van der Waals surface area contributed by atoms with Gasteiger partial charge in [0.05, 0.1) is 6.54 Å². The van der Waals surface area contributed by atoms with Crippen LogP contribution in [0.5, 0.6) is 0 Å². The number of rotatable bonds is 5. The number of ketones is 1. The van der Waals surface area contributed by atoms with Crippen molar-refractivity contribution >= 4 is 11.8 Å². The van der Waals surface area contributed by atoms with Crippen LogP contribution >= 0.6 is 0 Å². The van der Waals surface area contributed by atoms with Gasteiger partial charge in [0.15, 0.2) is 0 Å². The molecule has 0 spiro atoms. The lowest BCUT2D eigenvalue weighted by molar-refractivity contribution is -0.156. The first-order valence-corrected chi connectivity index (χ1v) is 8.71. The third kappa shape index (κ3) is 4.34. The van der Waals surface area contributed by atoms with E-state index in [1.54, 1.807) is 0 Å². The van der Waals surface area contributed by atoms with Gasteiger partial charge in [-0.3, -0.25) is 9.69 Å². The summed E-state index contributed by atoms with van der Waals surface area (Å²) in [6, 6.07) is 18.7. The number of carbonyl (C=O) groups is 2. The van der Waals surface area contributed by atoms with Crippen LogP contribution in [0, 0.1) is 0 Å². The SMILES string of the molecule is C[C@H](OC(=O)C(c1ccccc1)N1CCCC(=O)C1)c1ccccc1. The van der Waals surface area contributed by atoms with Gasteiger partial charge in [-0.2, -0.15) is 0 Å². The van der Waals surface area contributed by atoms with Crippen LogP contribution in [-0.2, 0) is 14.3 Å². The van der Waals surface area contributed by atoms with Gasteiger partial charge in [0, 0.05) is 13.0 Å². The molecule has 0 N–H and O–H groups in total. The molecule has 4 heteroatoms. The molecule has 2 aromatic rings. The highest BCUT2D eigenvalue weighted by molar-refractivity contribution is 5.83. The van der Waals surface area contributed by atoms with Gasteiger partial charge in [0.1, 0.15) is 17.9 Å². The number of hydrogen-bond donors (Lipinski definition) is 0. The number of ether oxygens (including phenoxy) is 1. The molecule has 1 saturated heterocycles. The molecule has 4 nitrogen and oxygen atoms in total. The number of hydrogen-bond acceptors (Lipinski definition) is 4. The van der Waals surface area contributed by atoms with Gasteiger partial charge in [-0.15, -0.1) is 0 Å². The lowest BCUT2D eigenvalue weighted by Crippen LogP contribution is -2.42. The smallest absolute Gasteiger partial charge is 0.328 e. The fourth-order valence-corrected chi connectivity index (χ4v) is 3.25. The zero-order valence-electron chi connectivity index (χ0n) is 14.4. The Morgan fingerprint density at radius 1 is 1.00 bits per heavy atom. The summed E-state index contributed by atoms with van der Waals surface area (Å²) < 4.78 is 5.75. The summed E-state index contributed by atoms with van der Waals surface area (Å²) in [5.74, 6) is -0.131. The molecular formula is C21H23NO3. The number of benzene rings is 2. The van der Waals surface area contributed by atoms with Crippen LogP contribution in [0.1, 0.15) is 43.0 Å². The van der Waals surface area contributed by atoms with Crippen molar-refractivity contribution in [3.63, 3.8) is 0 Å². The molecule has 0 amide bonds. The second-order valence-electron chi connectivity index (χ2n) is 6.42. The third-order valence-corrected chi connectivity index (χ3v) is 4.55. The molecule has 0 radical (unpaired) electrons. The lowest BCUT2D eigenvalue weighted by atomic mass is 10.0. The van der Waals surface area contributed by atoms with Gasteiger partial charge in [0.2, 0.25) is 0 Å². The maximum Gasteiger partial charge on any atom is 0.328 e. The molecule has 2 atom stereocenters. The van der Waals surface area contributed by atoms with Gasteiger partial charge in [0.25, 0.3) is 0 Å². The average molecular weight is 337 g/mol. The standard InChI is InChI=1S/C21H23NO3/c1-16(17-9-4-2-5-10-17)25-21(24)20(18-11-6-3-7-12-18)22-14-8-13-19(23)15-22/h2-7,9-12,16,20H,8,13-15H2,1H3/t16-,20?/m0/s1. The van der Waals surface area contributed by atoms with Crippen LogP contribution in [0.2, 0.25) is 0 Å². The molecule has 2 aromatic carbocycles. The minimum Gasteiger partial charge on any atom is -0.456 e. The largest absolute Gasteiger partial charge is 0.456 e. The second-order valence-corrected chi connectivity index (χ2v) is 6.42. The predicted octanol–water partition coefficient (Wildman–Crippen LogP) is 3.70. The highest BCUT2D eigenvalue weighted by atomic mass is 16.5. The number of carbonyl (C=O) groups excluding carboxylic acids is 2. The van der Waals surface area contributed by atoms with Crippen molar-refractivity contribution < 1.29 is 14.3 Å². The molecule has 0 bridgehead atoms. The number of esters is 1. The van der Waals surface area contributed by atoms with Crippen LogP contribution in [0.25, 0.3) is 0 Å². The van der Waals surface area contributed by atoms with Gasteiger partial charge >= 0.3 is 5.97 Å². The summed E-state index contributed by atoms with van der Waals surface area (Å²) in [6.45, 7) is 2.89. The molecule has 1 aliphatic rings. The van der Waals surface area contributed by atoms with E-state index in [1.807, 2.05) is 72.5 Å². The zero-order chi connectivity index (χ0) is 17.6. The monoisotopic (exact) mass is 337 g/mol. The summed E-state index contributed by atoms with van der Waals surface area (Å²) in [6.07, 6.45) is 1.04. The number of nitrogens with zero attached hydrogens (tertiary/aromatic N) is 1. The third-order valence-electron chi connectivity index (χ3n) is 4.55. The first-order valence-electron chi connectivity index (χ1n) is 8.71. The summed E-state index contributed by atoms with van der Waals surface area (Å²) in [4.78, 5) is 26.8. The first-order chi connectivity index (χ1) is 12.1. The Morgan fingerprint density at radius 3 is 2.20 bits per heavy atom. The van der Waals surface area contributed by atoms with E-state index in [4.69, 9.17) is 4.74 Å². The number of Topliss-reactive ketones (excluding diaryl/α,β-unsaturated/α-hetero) is 1. The molecule has 1 fully saturated rings. The van der Waals surface area contributed by atoms with Crippen LogP contribution in [-0.4, -0.2) is 29.7 Å². The first kappa shape index (κ1) is 17.4. The fraction of sp³-hybridized carbons (Fsp3) is 0.333. The van der Waals surface area contributed by atoms with Crippen molar-refractivity contribution in [2.75, 3.05) is 13.1 Å². The molecular weight excluding hydrogens is 314 g/mol. The summed E-state index contributed by atoms with van der Waals surface area (Å²) in [5.41, 5.74) is 1.82. The quantitative estimate of drug-likeness (QED) is 0.781. The molecule has 3 rings (SSSR count). The lowest BCUT2D eigenvalue weighted by Gasteiger charge is -2.33. The number of piperidine rings is 1. The van der Waals surface area contributed by atoms with Crippen molar-refractivity contribution in [1.29, 1.82) is 0 Å². The Balaban J connectivity index is 1.81. The molecule has 130 valence electrons. The minimum atomic E-state index is -0.545. The summed E-state index contributed by atoms with van der Waals surface area (Å²) in [7, 11) is 0. The maximum absolute atomic E-state index is 13.0. The second kappa shape index (κ2) is 8.08. The van der Waals surface area contributed by atoms with E-state index < -0.39 is 6.04 Å². The highest BCUT2D eigenvalue weighted by Crippen LogP contribution is 2.28. The Kier molecular flexibility index (Phi) is 5.61. The van der Waals surface area contributed by atoms with E-state index in [9.17, 15) is 9.59 Å². The van der Waals surface area contributed by atoms with Gasteiger partial charge < -0.3 is 4.74 Å². The van der Waals surface area contributed by atoms with E-state index in [1.165, 1.54) is 0 Å². The molecule has 0 aliphatic carbocycles. The predicted molar refractivity (Wildman–Crippen MR) is 95.9 cm³/mol. The summed E-state index contributed by atoms with van der Waals surface area (Å²) in [5, 5.41) is 0. The number of likely N-dealkylation sites (tertiary alicyclic amines) is 1. The summed E-state index contributed by atoms with van der Waals surface area (Å²) >= 11 is 0. The van der Waals surface area contributed by atoms with Crippen LogP contribution in [0.3, 0.4) is 0 Å². The zero-order valence-corrected chi connectivity index (χ0v) is 14.4. The average Bonchev–Trinajstić information content (AvgIpc) is 2.63. The van der Waals surface area contributed by atoms with E-state index in [2.05, 4.69) is 0 Å². The van der Waals surface area contributed by atoms with Crippen molar-refractivity contribution in [3.05, 3.63) is 71.8 Å². The fourth-order valence-electron chi connectivity index (χ4n) is 3.25. The van der Waals surface area contributed by atoms with Crippen LogP contribution in [0.15, 0.2) is 60.7 Å². The molecule has 1 heterocycles.